The van der Waals surface area contributed by atoms with Crippen molar-refractivity contribution in [2.24, 2.45) is 11.5 Å². The highest BCUT2D eigenvalue weighted by molar-refractivity contribution is 7.96. The molecule has 112 valence electrons. The van der Waals surface area contributed by atoms with E-state index in [0.29, 0.717) is 0 Å². The molecule has 0 spiro atoms. The van der Waals surface area contributed by atoms with Gasteiger partial charge in [0.15, 0.2) is 0 Å². The van der Waals surface area contributed by atoms with Crippen molar-refractivity contribution in [1.29, 1.82) is 0 Å². The summed E-state index contributed by atoms with van der Waals surface area (Å²) in [6.07, 6.45) is 0. The van der Waals surface area contributed by atoms with E-state index in [1.54, 1.807) is 0 Å². The molecule has 0 aliphatic rings. The van der Waals surface area contributed by atoms with Gasteiger partial charge in [-0.2, -0.15) is 0 Å². The molecule has 0 aromatic heterocycles. The number of aliphatic hydroxyl groups excluding tert-OH is 2. The van der Waals surface area contributed by atoms with Gasteiger partial charge in [0.05, 0.1) is 26.4 Å². The number of nitrogens with one attached hydrogen (secondary N) is 1. The van der Waals surface area contributed by atoms with Crippen LogP contribution in [0.4, 0.5) is 9.59 Å². The number of rotatable bonds is 6. The van der Waals surface area contributed by atoms with Crippen molar-refractivity contribution < 1.29 is 29.5 Å². The summed E-state index contributed by atoms with van der Waals surface area (Å²) in [5.74, 6) is 0. The zero-order valence-corrected chi connectivity index (χ0v) is 11.4. The average molecular weight is 308 g/mol. The second-order valence-electron chi connectivity index (χ2n) is 1.90. The number of primary amides is 2. The molecule has 2 amide bonds. The Balaban J connectivity index is -0.0000000922. The topological polar surface area (TPSA) is 192 Å². The Labute approximate surface area is 115 Å². The van der Waals surface area contributed by atoms with Crippen LogP contribution in [-0.4, -0.2) is 47.1 Å². The summed E-state index contributed by atoms with van der Waals surface area (Å²) in [6.45, 7) is 0.224. The summed E-state index contributed by atoms with van der Waals surface area (Å²) in [4.78, 5) is 27.1. The fraction of sp³-hybridized carbons (Fsp3) is 0.667. The van der Waals surface area contributed by atoms with Gasteiger partial charge in [-0.1, -0.05) is 30.9 Å². The molecular weight excluding hydrogens is 288 g/mol. The SMILES string of the molecule is N.NC(=O)S.NC(=O)S.OCCONOCCO. The van der Waals surface area contributed by atoms with E-state index in [9.17, 15) is 0 Å². The maximum atomic E-state index is 9.09. The third kappa shape index (κ3) is 110. The minimum Gasteiger partial charge on any atom is -0.394 e. The molecule has 0 saturated heterocycles. The fourth-order valence-corrected chi connectivity index (χ4v) is 0.216. The van der Waals surface area contributed by atoms with Gasteiger partial charge in [0.2, 0.25) is 0 Å². The largest absolute Gasteiger partial charge is 0.394 e. The lowest BCUT2D eigenvalue weighted by molar-refractivity contribution is -0.178. The molecule has 0 atom stereocenters. The highest BCUT2D eigenvalue weighted by Crippen LogP contribution is 1.67. The monoisotopic (exact) mass is 308 g/mol. The van der Waals surface area contributed by atoms with Crippen LogP contribution in [-0.2, 0) is 9.68 Å². The molecule has 0 rings (SSSR count). The van der Waals surface area contributed by atoms with Gasteiger partial charge in [0, 0.05) is 0 Å². The van der Waals surface area contributed by atoms with Gasteiger partial charge in [-0.15, -0.1) is 0 Å². The molecule has 0 aliphatic carbocycles. The molecule has 0 radical (unpaired) electrons. The van der Waals surface area contributed by atoms with Crippen LogP contribution < -0.4 is 23.3 Å². The van der Waals surface area contributed by atoms with Gasteiger partial charge in [-0.3, -0.25) is 19.3 Å². The first-order valence-electron chi connectivity index (χ1n) is 4.05. The van der Waals surface area contributed by atoms with E-state index < -0.39 is 10.5 Å². The van der Waals surface area contributed by atoms with Gasteiger partial charge in [0.25, 0.3) is 10.5 Å². The van der Waals surface area contributed by atoms with E-state index in [-0.39, 0.29) is 32.6 Å². The van der Waals surface area contributed by atoms with E-state index in [2.05, 4.69) is 52.0 Å². The Bertz CT molecular complexity index is 161. The Hall–Kier alpha value is -0.600. The number of thiol groups is 2. The summed E-state index contributed by atoms with van der Waals surface area (Å²) in [6, 6.07) is 0. The second-order valence-corrected chi connectivity index (χ2v) is 2.79. The average Bonchev–Trinajstić information content (AvgIpc) is 2.16. The lowest BCUT2D eigenvalue weighted by Gasteiger charge is -2.01. The third-order valence-corrected chi connectivity index (χ3v) is 0.505. The Morgan fingerprint density at radius 1 is 1.00 bits per heavy atom. The second kappa shape index (κ2) is 25.3. The number of carbonyl (C=O) groups is 2. The molecule has 10 nitrogen and oxygen atoms in total. The first kappa shape index (κ1) is 26.1. The minimum absolute atomic E-state index is 0. The smallest absolute Gasteiger partial charge is 0.273 e. The standard InChI is InChI=1S/C4H11NO4.2CH3NOS.H3N/c6-1-3-8-5-9-4-2-7;2*2-1(3)4;/h5-7H,1-4H2;2*(H3,2,3,4);1H3. The van der Waals surface area contributed by atoms with Crippen molar-refractivity contribution in [2.45, 2.75) is 0 Å². The third-order valence-electron chi connectivity index (χ3n) is 0.505. The lowest BCUT2D eigenvalue weighted by Crippen LogP contribution is -2.19. The number of amides is 2. The summed E-state index contributed by atoms with van der Waals surface area (Å²) in [5.41, 5.74) is 10.7. The number of hydrogen-bond acceptors (Lipinski definition) is 8. The quantitative estimate of drug-likeness (QED) is 0.166. The van der Waals surface area contributed by atoms with E-state index in [0.717, 1.165) is 0 Å². The molecule has 0 heterocycles. The predicted octanol–water partition coefficient (Wildman–Crippen LogP) is -1.42. The molecule has 0 unspecified atom stereocenters. The summed E-state index contributed by atoms with van der Waals surface area (Å²) < 4.78 is 0. The highest BCUT2D eigenvalue weighted by Gasteiger charge is 1.83. The van der Waals surface area contributed by atoms with Gasteiger partial charge in [0.1, 0.15) is 0 Å². The summed E-state index contributed by atoms with van der Waals surface area (Å²) >= 11 is 6.21. The molecule has 0 fully saturated rings. The molecule has 12 heteroatoms. The maximum absolute atomic E-state index is 9.09. The molecule has 0 aliphatic heterocycles. The molecule has 0 saturated carbocycles. The molecule has 0 aromatic rings. The van der Waals surface area contributed by atoms with Gasteiger partial charge < -0.3 is 27.8 Å². The summed E-state index contributed by atoms with van der Waals surface area (Å²) in [5, 5.41) is 15.0. The molecule has 10 N–H and O–H groups in total. The maximum Gasteiger partial charge on any atom is 0.273 e. The molecule has 18 heavy (non-hydrogen) atoms. The lowest BCUT2D eigenvalue weighted by atomic mass is 10.8. The van der Waals surface area contributed by atoms with Gasteiger partial charge >= 0.3 is 0 Å². The van der Waals surface area contributed by atoms with Crippen LogP contribution in [0.3, 0.4) is 0 Å². The van der Waals surface area contributed by atoms with Crippen molar-refractivity contribution >= 4 is 35.7 Å². The van der Waals surface area contributed by atoms with Crippen LogP contribution in [0.5, 0.6) is 0 Å². The van der Waals surface area contributed by atoms with Gasteiger partial charge in [-0.25, -0.2) is 0 Å². The van der Waals surface area contributed by atoms with Crippen molar-refractivity contribution in [2.75, 3.05) is 26.4 Å². The highest BCUT2D eigenvalue weighted by atomic mass is 32.1. The first-order valence-corrected chi connectivity index (χ1v) is 4.95. The van der Waals surface area contributed by atoms with Crippen molar-refractivity contribution in [3.63, 3.8) is 0 Å². The Morgan fingerprint density at radius 3 is 1.39 bits per heavy atom. The number of hydrogen-bond donors (Lipinski definition) is 8. The van der Waals surface area contributed by atoms with Crippen LogP contribution in [0.25, 0.3) is 0 Å². The molecular formula is C6H20N4O6S2. The van der Waals surface area contributed by atoms with Crippen LogP contribution >= 0.6 is 25.3 Å². The van der Waals surface area contributed by atoms with E-state index in [1.165, 1.54) is 0 Å². The van der Waals surface area contributed by atoms with Crippen LogP contribution in [0.1, 0.15) is 0 Å². The van der Waals surface area contributed by atoms with Crippen LogP contribution in [0.2, 0.25) is 0 Å². The van der Waals surface area contributed by atoms with E-state index in [4.69, 9.17) is 19.8 Å². The van der Waals surface area contributed by atoms with Crippen LogP contribution in [0.15, 0.2) is 0 Å². The fourth-order valence-electron chi connectivity index (χ4n) is 0.216. The van der Waals surface area contributed by atoms with Crippen molar-refractivity contribution in [3.8, 4) is 0 Å². The Morgan fingerprint density at radius 2 is 1.22 bits per heavy atom. The van der Waals surface area contributed by atoms with E-state index >= 15 is 0 Å². The number of carbonyl (C=O) groups excluding carboxylic acids is 2. The first-order chi connectivity index (χ1) is 7.88. The molecule has 0 aromatic carbocycles. The zero-order valence-electron chi connectivity index (χ0n) is 9.61. The van der Waals surface area contributed by atoms with Gasteiger partial charge in [-0.05, 0) is 0 Å². The van der Waals surface area contributed by atoms with Crippen molar-refractivity contribution in [3.05, 3.63) is 0 Å². The number of aliphatic hydroxyl groups is 2. The van der Waals surface area contributed by atoms with E-state index in [1.807, 2.05) is 0 Å². The number of nitrogens with two attached hydrogens (primary N) is 2. The normalized spacial score (nSPS) is 7.78. The summed E-state index contributed by atoms with van der Waals surface area (Å²) in [7, 11) is 0. The zero-order chi connectivity index (χ0) is 14.1. The van der Waals surface area contributed by atoms with Crippen molar-refractivity contribution in [1.82, 2.24) is 11.8 Å². The van der Waals surface area contributed by atoms with Crippen LogP contribution in [0, 0.1) is 0 Å². The Kier molecular flexibility index (Phi) is 36.6. The predicted molar refractivity (Wildman–Crippen MR) is 71.4 cm³/mol. The molecule has 0 bridgehead atoms. The minimum atomic E-state index is -0.639.